The summed E-state index contributed by atoms with van der Waals surface area (Å²) in [6.07, 6.45) is 2.98. The van der Waals surface area contributed by atoms with Gasteiger partial charge < -0.3 is 0 Å². The second-order valence-corrected chi connectivity index (χ2v) is 5.31. The maximum Gasteiger partial charge on any atom is 0.273 e. The van der Waals surface area contributed by atoms with Gasteiger partial charge in [-0.25, -0.2) is 13.6 Å². The first kappa shape index (κ1) is 12.9. The molecular weight excluding hydrogens is 278 g/mol. The molecule has 2 rings (SSSR count). The molecular formula is C9H10ClN5O2S. The Hall–Kier alpha value is -1.51. The molecule has 0 atom stereocenters. The van der Waals surface area contributed by atoms with Crippen molar-refractivity contribution in [2.45, 2.75) is 18.6 Å². The summed E-state index contributed by atoms with van der Waals surface area (Å²) in [4.78, 5) is 3.85. The Morgan fingerprint density at radius 3 is 2.72 bits per heavy atom. The highest BCUT2D eigenvalue weighted by Crippen LogP contribution is 2.26. The van der Waals surface area contributed by atoms with E-state index in [4.69, 9.17) is 16.7 Å². The number of aromatic nitrogens is 4. The van der Waals surface area contributed by atoms with Crippen molar-refractivity contribution in [1.29, 1.82) is 0 Å². The number of sulfonamides is 1. The van der Waals surface area contributed by atoms with Gasteiger partial charge in [-0.3, -0.25) is 9.55 Å². The Labute approximate surface area is 109 Å². The number of hydrogen-bond acceptors (Lipinski definition) is 5. The van der Waals surface area contributed by atoms with Crippen LogP contribution in [0.3, 0.4) is 0 Å². The lowest BCUT2D eigenvalue weighted by molar-refractivity contribution is 0.571. The summed E-state index contributed by atoms with van der Waals surface area (Å²) in [6.45, 7) is 2.11. The molecule has 0 fully saturated rings. The van der Waals surface area contributed by atoms with Gasteiger partial charge in [-0.15, -0.1) is 10.2 Å². The van der Waals surface area contributed by atoms with E-state index in [0.717, 1.165) is 0 Å². The third-order valence-corrected chi connectivity index (χ3v) is 3.41. The van der Waals surface area contributed by atoms with Gasteiger partial charge in [-0.1, -0.05) is 11.6 Å². The predicted octanol–water partition coefficient (Wildman–Crippen LogP) is 0.661. The minimum Gasteiger partial charge on any atom is -0.297 e. The lowest BCUT2D eigenvalue weighted by atomic mass is 10.2. The van der Waals surface area contributed by atoms with Gasteiger partial charge >= 0.3 is 0 Å². The highest BCUT2D eigenvalue weighted by Gasteiger charge is 2.21. The molecule has 2 aromatic rings. The van der Waals surface area contributed by atoms with Crippen molar-refractivity contribution in [3.63, 3.8) is 0 Å². The maximum absolute atomic E-state index is 11.4. The molecule has 7 nitrogen and oxygen atoms in total. The van der Waals surface area contributed by atoms with E-state index in [-0.39, 0.29) is 5.16 Å². The van der Waals surface area contributed by atoms with E-state index in [2.05, 4.69) is 15.2 Å². The van der Waals surface area contributed by atoms with Crippen molar-refractivity contribution in [3.05, 3.63) is 23.5 Å². The first-order valence-electron chi connectivity index (χ1n) is 5.01. The molecule has 2 aromatic heterocycles. The zero-order chi connectivity index (χ0) is 13.3. The molecule has 0 amide bonds. The van der Waals surface area contributed by atoms with Gasteiger partial charge in [-0.05, 0) is 13.0 Å². The SMILES string of the molecule is CCn1c(-c2ccncc2Cl)nnc1S(N)(=O)=O. The molecule has 0 radical (unpaired) electrons. The smallest absolute Gasteiger partial charge is 0.273 e. The summed E-state index contributed by atoms with van der Waals surface area (Å²) in [5.41, 5.74) is 0.552. The van der Waals surface area contributed by atoms with Crippen molar-refractivity contribution in [2.75, 3.05) is 0 Å². The van der Waals surface area contributed by atoms with E-state index in [1.54, 1.807) is 13.0 Å². The van der Waals surface area contributed by atoms with Crippen LogP contribution in [0.1, 0.15) is 6.92 Å². The number of nitrogens with two attached hydrogens (primary N) is 1. The Morgan fingerprint density at radius 1 is 1.44 bits per heavy atom. The van der Waals surface area contributed by atoms with Crippen molar-refractivity contribution in [1.82, 2.24) is 19.7 Å². The summed E-state index contributed by atoms with van der Waals surface area (Å²) < 4.78 is 24.1. The molecule has 0 aliphatic carbocycles. The Balaban J connectivity index is 2.68. The highest BCUT2D eigenvalue weighted by atomic mass is 35.5. The molecule has 0 aromatic carbocycles. The summed E-state index contributed by atoms with van der Waals surface area (Å²) >= 11 is 5.99. The molecule has 2 heterocycles. The fourth-order valence-corrected chi connectivity index (χ4v) is 2.42. The summed E-state index contributed by atoms with van der Waals surface area (Å²) in [5.74, 6) is 0.342. The van der Waals surface area contributed by atoms with Gasteiger partial charge in [-0.2, -0.15) is 0 Å². The molecule has 0 aliphatic rings. The number of hydrogen-bond donors (Lipinski definition) is 1. The Bertz CT molecular complexity index is 682. The topological polar surface area (TPSA) is 104 Å². The van der Waals surface area contributed by atoms with Crippen LogP contribution in [0.5, 0.6) is 0 Å². The molecule has 0 bridgehead atoms. The Morgan fingerprint density at radius 2 is 2.17 bits per heavy atom. The first-order valence-corrected chi connectivity index (χ1v) is 6.93. The minimum atomic E-state index is -3.91. The van der Waals surface area contributed by atoms with E-state index >= 15 is 0 Å². The molecule has 2 N–H and O–H groups in total. The fraction of sp³-hybridized carbons (Fsp3) is 0.222. The van der Waals surface area contributed by atoms with Gasteiger partial charge in [0.15, 0.2) is 5.82 Å². The molecule has 0 saturated carbocycles. The van der Waals surface area contributed by atoms with Crippen LogP contribution in [-0.4, -0.2) is 28.2 Å². The third kappa shape index (κ3) is 2.22. The number of primary sulfonamides is 1. The molecule has 0 aliphatic heterocycles. The third-order valence-electron chi connectivity index (χ3n) is 2.30. The van der Waals surface area contributed by atoms with Crippen LogP contribution in [0.25, 0.3) is 11.4 Å². The Kier molecular flexibility index (Phi) is 3.33. The van der Waals surface area contributed by atoms with Gasteiger partial charge in [0.2, 0.25) is 0 Å². The largest absolute Gasteiger partial charge is 0.297 e. The van der Waals surface area contributed by atoms with Crippen molar-refractivity contribution in [2.24, 2.45) is 5.14 Å². The van der Waals surface area contributed by atoms with Crippen LogP contribution in [0.15, 0.2) is 23.6 Å². The predicted molar refractivity (Wildman–Crippen MR) is 65.3 cm³/mol. The highest BCUT2D eigenvalue weighted by molar-refractivity contribution is 7.89. The lowest BCUT2D eigenvalue weighted by Crippen LogP contribution is -2.18. The van der Waals surface area contributed by atoms with Crippen LogP contribution in [0, 0.1) is 0 Å². The summed E-state index contributed by atoms with van der Waals surface area (Å²) in [5, 5.41) is 12.6. The van der Waals surface area contributed by atoms with E-state index < -0.39 is 10.0 Å². The van der Waals surface area contributed by atoms with Crippen LogP contribution >= 0.6 is 11.6 Å². The number of nitrogens with zero attached hydrogens (tertiary/aromatic N) is 4. The lowest BCUT2D eigenvalue weighted by Gasteiger charge is -2.06. The maximum atomic E-state index is 11.4. The van der Waals surface area contributed by atoms with Crippen LogP contribution in [0.2, 0.25) is 5.02 Å². The molecule has 96 valence electrons. The van der Waals surface area contributed by atoms with E-state index in [0.29, 0.717) is 23.0 Å². The molecule has 18 heavy (non-hydrogen) atoms. The fourth-order valence-electron chi connectivity index (χ4n) is 1.54. The average Bonchev–Trinajstić information content (AvgIpc) is 2.72. The van der Waals surface area contributed by atoms with Gasteiger partial charge in [0.25, 0.3) is 15.2 Å². The quantitative estimate of drug-likeness (QED) is 0.893. The van der Waals surface area contributed by atoms with Crippen molar-refractivity contribution < 1.29 is 8.42 Å². The minimum absolute atomic E-state index is 0.284. The number of rotatable bonds is 3. The zero-order valence-corrected chi connectivity index (χ0v) is 11.0. The van der Waals surface area contributed by atoms with Gasteiger partial charge in [0, 0.05) is 24.5 Å². The van der Waals surface area contributed by atoms with E-state index in [9.17, 15) is 8.42 Å². The van der Waals surface area contributed by atoms with Crippen molar-refractivity contribution >= 4 is 21.6 Å². The second-order valence-electron chi connectivity index (χ2n) is 3.45. The van der Waals surface area contributed by atoms with Crippen LogP contribution in [0.4, 0.5) is 0 Å². The van der Waals surface area contributed by atoms with E-state index in [1.165, 1.54) is 17.0 Å². The first-order chi connectivity index (χ1) is 8.45. The average molecular weight is 288 g/mol. The normalized spacial score (nSPS) is 11.7. The molecule has 0 saturated heterocycles. The molecule has 0 spiro atoms. The van der Waals surface area contributed by atoms with Gasteiger partial charge in [0.1, 0.15) is 0 Å². The number of pyridine rings is 1. The van der Waals surface area contributed by atoms with Crippen LogP contribution < -0.4 is 5.14 Å². The summed E-state index contributed by atoms with van der Waals surface area (Å²) in [6, 6.07) is 1.63. The standard InChI is InChI=1S/C9H10ClN5O2S/c1-2-15-8(6-3-4-12-5-7(6)10)13-14-9(15)18(11,16)17/h3-5H,2H2,1H3,(H2,11,16,17). The monoisotopic (exact) mass is 287 g/mol. The molecule has 0 unspecified atom stereocenters. The van der Waals surface area contributed by atoms with Crippen LogP contribution in [-0.2, 0) is 16.6 Å². The second kappa shape index (κ2) is 4.63. The number of halogens is 1. The summed E-state index contributed by atoms with van der Waals surface area (Å²) in [7, 11) is -3.91. The van der Waals surface area contributed by atoms with Gasteiger partial charge in [0.05, 0.1) is 5.02 Å². The van der Waals surface area contributed by atoms with E-state index in [1.807, 2.05) is 0 Å². The zero-order valence-electron chi connectivity index (χ0n) is 9.41. The molecule has 9 heteroatoms. The van der Waals surface area contributed by atoms with Crippen molar-refractivity contribution in [3.8, 4) is 11.4 Å².